The number of rotatable bonds is 2. The number of nitrogens with one attached hydrogen (secondary N) is 2. The number of hydrogen-bond acceptors (Lipinski definition) is 2. The molecule has 0 spiro atoms. The maximum absolute atomic E-state index is 13.0. The summed E-state index contributed by atoms with van der Waals surface area (Å²) in [5, 5.41) is 14.4. The average molecular weight is 261 g/mol. The fourth-order valence-electron chi connectivity index (χ4n) is 2.31. The summed E-state index contributed by atoms with van der Waals surface area (Å²) in [7, 11) is 0. The Balaban J connectivity index is 1.97. The molecule has 1 fully saturated rings. The average Bonchev–Trinajstić information content (AvgIpc) is 2.42. The largest absolute Gasteiger partial charge is 0.335 e. The normalized spacial score (nSPS) is 15.6. The van der Waals surface area contributed by atoms with Crippen LogP contribution in [0.25, 0.3) is 0 Å². The van der Waals surface area contributed by atoms with Gasteiger partial charge in [-0.3, -0.25) is 0 Å². The molecule has 1 saturated carbocycles. The van der Waals surface area contributed by atoms with Gasteiger partial charge < -0.3 is 10.6 Å². The Kier molecular flexibility index (Phi) is 4.35. The molecule has 0 bridgehead atoms. The van der Waals surface area contributed by atoms with Gasteiger partial charge in [0.15, 0.2) is 0 Å². The third-order valence-electron chi connectivity index (χ3n) is 3.29. The van der Waals surface area contributed by atoms with Gasteiger partial charge in [-0.15, -0.1) is 0 Å². The van der Waals surface area contributed by atoms with Crippen LogP contribution in [0.3, 0.4) is 0 Å². The van der Waals surface area contributed by atoms with E-state index in [4.69, 9.17) is 5.26 Å². The molecule has 0 saturated heterocycles. The van der Waals surface area contributed by atoms with Gasteiger partial charge in [0.1, 0.15) is 11.9 Å². The predicted molar refractivity (Wildman–Crippen MR) is 70.1 cm³/mol. The quantitative estimate of drug-likeness (QED) is 0.858. The van der Waals surface area contributed by atoms with Crippen molar-refractivity contribution in [1.29, 1.82) is 5.26 Å². The minimum absolute atomic E-state index is 0.124. The lowest BCUT2D eigenvalue weighted by Gasteiger charge is -2.23. The van der Waals surface area contributed by atoms with Crippen molar-refractivity contribution in [3.8, 4) is 6.07 Å². The van der Waals surface area contributed by atoms with Gasteiger partial charge >= 0.3 is 6.03 Å². The van der Waals surface area contributed by atoms with Crippen molar-refractivity contribution < 1.29 is 9.18 Å². The minimum Gasteiger partial charge on any atom is -0.335 e. The standard InChI is InChI=1S/C14H16FN3O/c15-11-6-7-13(10(8-11)9-16)18-14(19)17-12-4-2-1-3-5-12/h6-8,12H,1-5H2,(H2,17,18,19). The molecule has 0 unspecified atom stereocenters. The van der Waals surface area contributed by atoms with Gasteiger partial charge in [-0.25, -0.2) is 9.18 Å². The fraction of sp³-hybridized carbons (Fsp3) is 0.429. The number of benzene rings is 1. The molecule has 0 heterocycles. The monoisotopic (exact) mass is 261 g/mol. The van der Waals surface area contributed by atoms with E-state index in [-0.39, 0.29) is 17.6 Å². The van der Waals surface area contributed by atoms with Gasteiger partial charge in [-0.1, -0.05) is 19.3 Å². The van der Waals surface area contributed by atoms with Gasteiger partial charge in [-0.2, -0.15) is 5.26 Å². The first kappa shape index (κ1) is 13.3. The van der Waals surface area contributed by atoms with E-state index in [0.717, 1.165) is 31.7 Å². The first-order chi connectivity index (χ1) is 9.19. The third-order valence-corrected chi connectivity index (χ3v) is 3.29. The van der Waals surface area contributed by atoms with Crippen LogP contribution in [0.4, 0.5) is 14.9 Å². The van der Waals surface area contributed by atoms with Crippen molar-refractivity contribution in [1.82, 2.24) is 5.32 Å². The molecule has 1 aromatic carbocycles. The minimum atomic E-state index is -0.491. The number of nitrogens with zero attached hydrogens (tertiary/aromatic N) is 1. The predicted octanol–water partition coefficient (Wildman–Crippen LogP) is 3.15. The lowest BCUT2D eigenvalue weighted by Crippen LogP contribution is -2.39. The van der Waals surface area contributed by atoms with Crippen molar-refractivity contribution >= 4 is 11.7 Å². The van der Waals surface area contributed by atoms with Crippen LogP contribution in [0.2, 0.25) is 0 Å². The van der Waals surface area contributed by atoms with E-state index in [1.165, 1.54) is 18.6 Å². The smallest absolute Gasteiger partial charge is 0.319 e. The second kappa shape index (κ2) is 6.19. The van der Waals surface area contributed by atoms with E-state index in [2.05, 4.69) is 10.6 Å². The molecule has 19 heavy (non-hydrogen) atoms. The van der Waals surface area contributed by atoms with Crippen molar-refractivity contribution in [3.63, 3.8) is 0 Å². The molecule has 2 rings (SSSR count). The van der Waals surface area contributed by atoms with Gasteiger partial charge in [0, 0.05) is 6.04 Å². The molecular weight excluding hydrogens is 245 g/mol. The maximum atomic E-state index is 13.0. The zero-order chi connectivity index (χ0) is 13.7. The van der Waals surface area contributed by atoms with Gasteiger partial charge in [0.05, 0.1) is 11.3 Å². The number of amides is 2. The van der Waals surface area contributed by atoms with Crippen LogP contribution in [-0.4, -0.2) is 12.1 Å². The fourth-order valence-corrected chi connectivity index (χ4v) is 2.31. The Morgan fingerprint density at radius 3 is 2.74 bits per heavy atom. The summed E-state index contributed by atoms with van der Waals surface area (Å²) < 4.78 is 13.0. The Bertz CT molecular complexity index is 504. The highest BCUT2D eigenvalue weighted by atomic mass is 19.1. The first-order valence-electron chi connectivity index (χ1n) is 6.46. The molecule has 1 aliphatic rings. The number of urea groups is 1. The molecule has 0 aromatic heterocycles. The summed E-state index contributed by atoms with van der Waals surface area (Å²) in [5.74, 6) is -0.491. The summed E-state index contributed by atoms with van der Waals surface area (Å²) in [4.78, 5) is 11.8. The molecule has 0 aliphatic heterocycles. The molecule has 5 heteroatoms. The highest BCUT2D eigenvalue weighted by Crippen LogP contribution is 2.18. The SMILES string of the molecule is N#Cc1cc(F)ccc1NC(=O)NC1CCCCC1. The van der Waals surface area contributed by atoms with Crippen LogP contribution in [0.1, 0.15) is 37.7 Å². The second-order valence-electron chi connectivity index (χ2n) is 4.74. The summed E-state index contributed by atoms with van der Waals surface area (Å²) >= 11 is 0. The van der Waals surface area contributed by atoms with Crippen LogP contribution in [0.15, 0.2) is 18.2 Å². The number of hydrogen-bond donors (Lipinski definition) is 2. The van der Waals surface area contributed by atoms with Gasteiger partial charge in [-0.05, 0) is 31.0 Å². The number of carbonyl (C=O) groups excluding carboxylic acids is 1. The summed E-state index contributed by atoms with van der Waals surface area (Å²) in [6.07, 6.45) is 5.45. The maximum Gasteiger partial charge on any atom is 0.319 e. The van der Waals surface area contributed by atoms with E-state index in [1.54, 1.807) is 0 Å². The summed E-state index contributed by atoms with van der Waals surface area (Å²) in [6.45, 7) is 0. The number of carbonyl (C=O) groups is 1. The lowest BCUT2D eigenvalue weighted by atomic mass is 9.96. The molecule has 4 nitrogen and oxygen atoms in total. The Labute approximate surface area is 111 Å². The molecule has 2 amide bonds. The zero-order valence-electron chi connectivity index (χ0n) is 10.6. The van der Waals surface area contributed by atoms with Crippen LogP contribution in [0.5, 0.6) is 0 Å². The zero-order valence-corrected chi connectivity index (χ0v) is 10.6. The van der Waals surface area contributed by atoms with Gasteiger partial charge in [0.25, 0.3) is 0 Å². The topological polar surface area (TPSA) is 64.9 Å². The molecule has 1 aromatic rings. The molecule has 0 radical (unpaired) electrons. The van der Waals surface area contributed by atoms with Crippen LogP contribution >= 0.6 is 0 Å². The van der Waals surface area contributed by atoms with Crippen molar-refractivity contribution in [2.24, 2.45) is 0 Å². The third kappa shape index (κ3) is 3.68. The second-order valence-corrected chi connectivity index (χ2v) is 4.74. The lowest BCUT2D eigenvalue weighted by molar-refractivity contribution is 0.244. The van der Waals surface area contributed by atoms with Crippen LogP contribution in [0, 0.1) is 17.1 Å². The molecular formula is C14H16FN3O. The Morgan fingerprint density at radius 1 is 1.32 bits per heavy atom. The molecule has 100 valence electrons. The van der Waals surface area contributed by atoms with Crippen LogP contribution < -0.4 is 10.6 Å². The van der Waals surface area contributed by atoms with Crippen LogP contribution in [-0.2, 0) is 0 Å². The van der Waals surface area contributed by atoms with E-state index >= 15 is 0 Å². The molecule has 1 aliphatic carbocycles. The Morgan fingerprint density at radius 2 is 2.05 bits per heavy atom. The first-order valence-corrected chi connectivity index (χ1v) is 6.46. The van der Waals surface area contributed by atoms with Crippen molar-refractivity contribution in [2.45, 2.75) is 38.1 Å². The van der Waals surface area contributed by atoms with Crippen molar-refractivity contribution in [3.05, 3.63) is 29.6 Å². The van der Waals surface area contributed by atoms with E-state index < -0.39 is 5.82 Å². The Hall–Kier alpha value is -2.09. The highest BCUT2D eigenvalue weighted by molar-refractivity contribution is 5.90. The number of anilines is 1. The summed E-state index contributed by atoms with van der Waals surface area (Å²) in [5.41, 5.74) is 0.455. The molecule has 2 N–H and O–H groups in total. The summed E-state index contributed by atoms with van der Waals surface area (Å²) in [6, 6.07) is 5.44. The van der Waals surface area contributed by atoms with E-state index in [0.29, 0.717) is 5.69 Å². The molecule has 0 atom stereocenters. The van der Waals surface area contributed by atoms with Gasteiger partial charge in [0.2, 0.25) is 0 Å². The van der Waals surface area contributed by atoms with E-state index in [9.17, 15) is 9.18 Å². The van der Waals surface area contributed by atoms with E-state index in [1.807, 2.05) is 6.07 Å². The van der Waals surface area contributed by atoms with Crippen molar-refractivity contribution in [2.75, 3.05) is 5.32 Å². The highest BCUT2D eigenvalue weighted by Gasteiger charge is 2.16. The number of nitriles is 1. The number of halogens is 1.